The van der Waals surface area contributed by atoms with Gasteiger partial charge in [-0.3, -0.25) is 4.79 Å². The van der Waals surface area contributed by atoms with Crippen molar-refractivity contribution in [3.05, 3.63) is 11.1 Å². The van der Waals surface area contributed by atoms with Crippen molar-refractivity contribution in [1.29, 1.82) is 5.26 Å². The molecule has 0 spiro atoms. The van der Waals surface area contributed by atoms with Crippen molar-refractivity contribution in [2.45, 2.75) is 39.5 Å². The van der Waals surface area contributed by atoms with Crippen molar-refractivity contribution in [3.63, 3.8) is 0 Å². The highest BCUT2D eigenvalue weighted by Gasteiger charge is 2.20. The molecule has 1 atom stereocenters. The second kappa shape index (κ2) is 5.55. The van der Waals surface area contributed by atoms with Gasteiger partial charge in [0.2, 0.25) is 0 Å². The average Bonchev–Trinajstić information content (AvgIpc) is 2.25. The van der Waals surface area contributed by atoms with Gasteiger partial charge in [0, 0.05) is 6.92 Å². The summed E-state index contributed by atoms with van der Waals surface area (Å²) in [5, 5.41) is 9.00. The minimum atomic E-state index is -0.265. The molecule has 0 aromatic carbocycles. The summed E-state index contributed by atoms with van der Waals surface area (Å²) >= 11 is 0. The van der Waals surface area contributed by atoms with Crippen LogP contribution in [0.15, 0.2) is 11.1 Å². The number of hydrogen-bond acceptors (Lipinski definition) is 3. The zero-order valence-electron chi connectivity index (χ0n) is 9.38. The Kier molecular flexibility index (Phi) is 4.36. The van der Waals surface area contributed by atoms with Crippen LogP contribution in [0.1, 0.15) is 39.5 Å². The Morgan fingerprint density at radius 1 is 1.53 bits per heavy atom. The van der Waals surface area contributed by atoms with E-state index < -0.39 is 0 Å². The highest BCUT2D eigenvalue weighted by Crippen LogP contribution is 2.31. The van der Waals surface area contributed by atoms with E-state index in [1.807, 2.05) is 6.92 Å². The first kappa shape index (κ1) is 11.8. The summed E-state index contributed by atoms with van der Waals surface area (Å²) in [5.41, 5.74) is 2.24. The monoisotopic (exact) mass is 207 g/mol. The highest BCUT2D eigenvalue weighted by atomic mass is 16.5. The molecule has 15 heavy (non-hydrogen) atoms. The Bertz CT molecular complexity index is 312. The van der Waals surface area contributed by atoms with Crippen LogP contribution in [0.5, 0.6) is 0 Å². The number of hydrogen-bond donors (Lipinski definition) is 0. The molecule has 0 saturated heterocycles. The van der Waals surface area contributed by atoms with Gasteiger partial charge < -0.3 is 4.74 Å². The average molecular weight is 207 g/mol. The van der Waals surface area contributed by atoms with Crippen LogP contribution in [-0.4, -0.2) is 12.6 Å². The lowest BCUT2D eigenvalue weighted by molar-refractivity contribution is -0.140. The van der Waals surface area contributed by atoms with Crippen molar-refractivity contribution in [3.8, 4) is 6.07 Å². The van der Waals surface area contributed by atoms with Gasteiger partial charge in [0.05, 0.1) is 12.0 Å². The zero-order valence-corrected chi connectivity index (χ0v) is 9.38. The summed E-state index contributed by atoms with van der Waals surface area (Å²) in [6.45, 7) is 3.69. The standard InChI is InChI=1S/C12H17NO2/c1-9(8-15-10(2)14)12-6-4-3-5-11(12)7-13/h11H,3-6,8H2,1-2H3/b12-9+. The molecule has 0 amide bonds. The van der Waals surface area contributed by atoms with Crippen molar-refractivity contribution in [2.24, 2.45) is 5.92 Å². The van der Waals surface area contributed by atoms with E-state index >= 15 is 0 Å². The molecule has 1 rings (SSSR count). The van der Waals surface area contributed by atoms with Crippen LogP contribution in [-0.2, 0) is 9.53 Å². The number of rotatable bonds is 2. The van der Waals surface area contributed by atoms with Crippen LogP contribution in [0.4, 0.5) is 0 Å². The summed E-state index contributed by atoms with van der Waals surface area (Å²) < 4.78 is 4.94. The van der Waals surface area contributed by atoms with Crippen molar-refractivity contribution < 1.29 is 9.53 Å². The van der Waals surface area contributed by atoms with Crippen molar-refractivity contribution in [1.82, 2.24) is 0 Å². The van der Waals surface area contributed by atoms with Gasteiger partial charge in [-0.25, -0.2) is 0 Å². The summed E-state index contributed by atoms with van der Waals surface area (Å²) in [5.74, 6) is -0.228. The van der Waals surface area contributed by atoms with Crippen LogP contribution >= 0.6 is 0 Å². The van der Waals surface area contributed by atoms with Crippen molar-refractivity contribution >= 4 is 5.97 Å². The zero-order chi connectivity index (χ0) is 11.3. The number of allylic oxidation sites excluding steroid dienone is 1. The summed E-state index contributed by atoms with van der Waals surface area (Å²) in [6, 6.07) is 2.32. The molecule has 0 N–H and O–H groups in total. The molecule has 0 radical (unpaired) electrons. The number of esters is 1. The summed E-state index contributed by atoms with van der Waals surface area (Å²) in [4.78, 5) is 10.7. The molecule has 1 unspecified atom stereocenters. The minimum absolute atomic E-state index is 0.0364. The third-order valence-corrected chi connectivity index (χ3v) is 2.81. The fraction of sp³-hybridized carbons (Fsp3) is 0.667. The SMILES string of the molecule is CC(=O)OC/C(C)=C1\CCCCC1C#N. The molecule has 0 aliphatic heterocycles. The van der Waals surface area contributed by atoms with Gasteiger partial charge in [-0.1, -0.05) is 12.0 Å². The van der Waals surface area contributed by atoms with Crippen LogP contribution in [0, 0.1) is 17.2 Å². The van der Waals surface area contributed by atoms with Crippen LogP contribution < -0.4 is 0 Å². The first-order valence-electron chi connectivity index (χ1n) is 5.36. The van der Waals surface area contributed by atoms with Crippen molar-refractivity contribution in [2.75, 3.05) is 6.61 Å². The number of nitriles is 1. The van der Waals surface area contributed by atoms with E-state index in [-0.39, 0.29) is 11.9 Å². The van der Waals surface area contributed by atoms with Gasteiger partial charge in [0.15, 0.2) is 0 Å². The maximum absolute atomic E-state index is 10.7. The van der Waals surface area contributed by atoms with Gasteiger partial charge in [-0.2, -0.15) is 5.26 Å². The normalized spacial score (nSPS) is 24.2. The summed E-state index contributed by atoms with van der Waals surface area (Å²) in [6.07, 6.45) is 4.20. The fourth-order valence-electron chi connectivity index (χ4n) is 1.97. The first-order chi connectivity index (χ1) is 7.15. The number of nitrogens with zero attached hydrogens (tertiary/aromatic N) is 1. The summed E-state index contributed by atoms with van der Waals surface area (Å²) in [7, 11) is 0. The highest BCUT2D eigenvalue weighted by molar-refractivity contribution is 5.66. The Labute approximate surface area is 90.7 Å². The van der Waals surface area contributed by atoms with Gasteiger partial charge in [-0.05, 0) is 31.8 Å². The smallest absolute Gasteiger partial charge is 0.302 e. The fourth-order valence-corrected chi connectivity index (χ4v) is 1.97. The van der Waals surface area contributed by atoms with Gasteiger partial charge in [0.1, 0.15) is 6.61 Å². The molecule has 1 aliphatic rings. The lowest BCUT2D eigenvalue weighted by Crippen LogP contribution is -2.12. The van der Waals surface area contributed by atoms with E-state index in [2.05, 4.69) is 6.07 Å². The molecule has 0 bridgehead atoms. The van der Waals surface area contributed by atoms with E-state index in [1.54, 1.807) is 0 Å². The molecule has 1 fully saturated rings. The Balaban J connectivity index is 2.67. The van der Waals surface area contributed by atoms with Crippen LogP contribution in [0.25, 0.3) is 0 Å². The largest absolute Gasteiger partial charge is 0.461 e. The topological polar surface area (TPSA) is 50.1 Å². The third kappa shape index (κ3) is 3.39. The number of carbonyl (C=O) groups is 1. The number of ether oxygens (including phenoxy) is 1. The van der Waals surface area contributed by atoms with Crippen LogP contribution in [0.2, 0.25) is 0 Å². The maximum Gasteiger partial charge on any atom is 0.302 e. The molecule has 0 heterocycles. The lowest BCUT2D eigenvalue weighted by Gasteiger charge is -2.22. The van der Waals surface area contributed by atoms with E-state index in [0.717, 1.165) is 31.3 Å². The third-order valence-electron chi connectivity index (χ3n) is 2.81. The molecule has 1 aliphatic carbocycles. The Morgan fingerprint density at radius 3 is 2.87 bits per heavy atom. The molecule has 1 saturated carbocycles. The second-order valence-electron chi connectivity index (χ2n) is 4.01. The van der Waals surface area contributed by atoms with E-state index in [9.17, 15) is 4.79 Å². The van der Waals surface area contributed by atoms with Gasteiger partial charge in [-0.15, -0.1) is 0 Å². The van der Waals surface area contributed by atoms with E-state index in [1.165, 1.54) is 12.5 Å². The predicted octanol–water partition coefficient (Wildman–Crippen LogP) is 2.58. The van der Waals surface area contributed by atoms with Gasteiger partial charge >= 0.3 is 5.97 Å². The molecule has 0 aromatic rings. The first-order valence-corrected chi connectivity index (χ1v) is 5.36. The van der Waals surface area contributed by atoms with E-state index in [0.29, 0.717) is 6.61 Å². The Hall–Kier alpha value is -1.30. The molecule has 0 aromatic heterocycles. The van der Waals surface area contributed by atoms with E-state index in [4.69, 9.17) is 10.00 Å². The molecule has 3 heteroatoms. The molecule has 82 valence electrons. The predicted molar refractivity (Wildman–Crippen MR) is 56.9 cm³/mol. The van der Waals surface area contributed by atoms with Crippen LogP contribution in [0.3, 0.4) is 0 Å². The lowest BCUT2D eigenvalue weighted by atomic mass is 9.83. The quantitative estimate of drug-likeness (QED) is 0.516. The minimum Gasteiger partial charge on any atom is -0.461 e. The molecular formula is C12H17NO2. The van der Waals surface area contributed by atoms with Gasteiger partial charge in [0.25, 0.3) is 0 Å². The molecular weight excluding hydrogens is 190 g/mol. The number of carbonyl (C=O) groups excluding carboxylic acids is 1. The molecule has 3 nitrogen and oxygen atoms in total. The maximum atomic E-state index is 10.7. The Morgan fingerprint density at radius 2 is 2.27 bits per heavy atom. The second-order valence-corrected chi connectivity index (χ2v) is 4.01.